The zero-order valence-electron chi connectivity index (χ0n) is 7.77. The Morgan fingerprint density at radius 2 is 1.67 bits per heavy atom. The summed E-state index contributed by atoms with van der Waals surface area (Å²) in [7, 11) is 0. The van der Waals surface area contributed by atoms with Crippen LogP contribution in [0, 0.1) is 0 Å². The molecule has 0 spiro atoms. The second-order valence-corrected chi connectivity index (χ2v) is 3.44. The van der Waals surface area contributed by atoms with Crippen LogP contribution in [0.25, 0.3) is 11.1 Å². The molecule has 3 heteroatoms. The van der Waals surface area contributed by atoms with Gasteiger partial charge in [-0.15, -0.1) is 0 Å². The van der Waals surface area contributed by atoms with Gasteiger partial charge < -0.3 is 0 Å². The lowest BCUT2D eigenvalue weighted by Gasteiger charge is -2.00. The van der Waals surface area contributed by atoms with Gasteiger partial charge in [-0.3, -0.25) is 4.79 Å². The maximum Gasteiger partial charge on any atom is 0.233 e. The highest BCUT2D eigenvalue weighted by atomic mass is 35.5. The molecule has 1 aromatic heterocycles. The molecule has 0 unspecified atom stereocenters. The lowest BCUT2D eigenvalue weighted by molar-refractivity contribution is 0.563. The predicted molar refractivity (Wildman–Crippen MR) is 59.5 cm³/mol. The fraction of sp³-hybridized carbons (Fsp3) is 0. The Morgan fingerprint density at radius 3 is 2.20 bits per heavy atom. The van der Waals surface area contributed by atoms with Gasteiger partial charge in [0.05, 0.1) is 0 Å². The van der Waals surface area contributed by atoms with E-state index in [-0.39, 0.29) is 0 Å². The molecule has 0 saturated carbocycles. The minimum absolute atomic E-state index is 0.469. The first-order valence-corrected chi connectivity index (χ1v) is 4.77. The van der Waals surface area contributed by atoms with Gasteiger partial charge in [-0.1, -0.05) is 35.9 Å². The summed E-state index contributed by atoms with van der Waals surface area (Å²) in [6.45, 7) is 0. The Labute approximate surface area is 92.5 Å². The van der Waals surface area contributed by atoms with Crippen LogP contribution < -0.4 is 0 Å². The topological polar surface area (TPSA) is 30.0 Å². The number of hydrogen-bond donors (Lipinski definition) is 0. The molecule has 73 valence electrons. The summed E-state index contributed by atoms with van der Waals surface area (Å²) in [6, 6.07) is 10.8. The SMILES string of the molecule is O=[C]c1ccc(-c2ccc(Cl)nc2)cc1. The highest BCUT2D eigenvalue weighted by Crippen LogP contribution is 2.19. The Balaban J connectivity index is 2.37. The second kappa shape index (κ2) is 4.24. The molecule has 1 radical (unpaired) electrons. The Hall–Kier alpha value is -1.67. The number of halogens is 1. The van der Waals surface area contributed by atoms with Gasteiger partial charge in [0, 0.05) is 17.3 Å². The lowest BCUT2D eigenvalue weighted by atomic mass is 10.1. The lowest BCUT2D eigenvalue weighted by Crippen LogP contribution is -1.82. The monoisotopic (exact) mass is 216 g/mol. The molecule has 0 atom stereocenters. The molecule has 0 N–H and O–H groups in total. The van der Waals surface area contributed by atoms with E-state index in [9.17, 15) is 4.79 Å². The first kappa shape index (κ1) is 9.87. The zero-order chi connectivity index (χ0) is 10.7. The van der Waals surface area contributed by atoms with E-state index in [1.807, 2.05) is 24.5 Å². The number of pyridine rings is 1. The third kappa shape index (κ3) is 2.22. The number of benzene rings is 1. The average molecular weight is 217 g/mol. The van der Waals surface area contributed by atoms with Gasteiger partial charge in [0.2, 0.25) is 6.29 Å². The zero-order valence-corrected chi connectivity index (χ0v) is 8.53. The molecule has 1 aromatic carbocycles. The van der Waals surface area contributed by atoms with Gasteiger partial charge in [-0.25, -0.2) is 4.98 Å². The van der Waals surface area contributed by atoms with Crippen molar-refractivity contribution in [1.82, 2.24) is 4.98 Å². The Morgan fingerprint density at radius 1 is 1.00 bits per heavy atom. The van der Waals surface area contributed by atoms with E-state index in [1.165, 1.54) is 0 Å². The van der Waals surface area contributed by atoms with E-state index in [0.717, 1.165) is 11.1 Å². The van der Waals surface area contributed by atoms with Crippen LogP contribution in [-0.4, -0.2) is 11.3 Å². The van der Waals surface area contributed by atoms with Gasteiger partial charge in [0.15, 0.2) is 0 Å². The summed E-state index contributed by atoms with van der Waals surface area (Å²) in [5.74, 6) is 0. The number of rotatable bonds is 2. The largest absolute Gasteiger partial charge is 0.285 e. The molecule has 0 aliphatic heterocycles. The van der Waals surface area contributed by atoms with Crippen molar-refractivity contribution in [1.29, 1.82) is 0 Å². The first-order valence-electron chi connectivity index (χ1n) is 4.40. The third-order valence-corrected chi connectivity index (χ3v) is 2.29. The first-order chi connectivity index (χ1) is 7.29. The molecule has 0 bridgehead atoms. The molecule has 2 aromatic rings. The van der Waals surface area contributed by atoms with Crippen LogP contribution in [0.15, 0.2) is 42.6 Å². The predicted octanol–water partition coefficient (Wildman–Crippen LogP) is 2.86. The smallest absolute Gasteiger partial charge is 0.233 e. The minimum atomic E-state index is 0.469. The van der Waals surface area contributed by atoms with Crippen LogP contribution in [0.4, 0.5) is 0 Å². The van der Waals surface area contributed by atoms with Crippen LogP contribution in [0.5, 0.6) is 0 Å². The van der Waals surface area contributed by atoms with Crippen molar-refractivity contribution >= 4 is 17.9 Å². The summed E-state index contributed by atoms with van der Waals surface area (Å²) < 4.78 is 0. The van der Waals surface area contributed by atoms with Crippen LogP contribution in [0.1, 0.15) is 5.56 Å². The van der Waals surface area contributed by atoms with Gasteiger partial charge in [-0.2, -0.15) is 0 Å². The molecule has 1 heterocycles. The van der Waals surface area contributed by atoms with E-state index in [2.05, 4.69) is 4.98 Å². The van der Waals surface area contributed by atoms with E-state index in [4.69, 9.17) is 11.6 Å². The van der Waals surface area contributed by atoms with Crippen molar-refractivity contribution in [3.05, 3.63) is 53.3 Å². The summed E-state index contributed by atoms with van der Waals surface area (Å²) >= 11 is 5.68. The molecule has 2 rings (SSSR count). The van der Waals surface area contributed by atoms with Crippen molar-refractivity contribution in [2.75, 3.05) is 0 Å². The standard InChI is InChI=1S/C12H7ClNO/c13-12-6-5-11(7-14-12)10-3-1-9(8-15)2-4-10/h1-7H. The van der Waals surface area contributed by atoms with E-state index >= 15 is 0 Å². The van der Waals surface area contributed by atoms with Gasteiger partial charge in [0.1, 0.15) is 5.15 Å². The minimum Gasteiger partial charge on any atom is -0.285 e. The maximum absolute atomic E-state index is 10.3. The molecule has 15 heavy (non-hydrogen) atoms. The van der Waals surface area contributed by atoms with Crippen LogP contribution in [-0.2, 0) is 4.79 Å². The molecular formula is C12H7ClNO. The van der Waals surface area contributed by atoms with E-state index in [1.54, 1.807) is 24.4 Å². The van der Waals surface area contributed by atoms with Crippen molar-refractivity contribution in [2.24, 2.45) is 0 Å². The Kier molecular flexibility index (Phi) is 2.79. The molecule has 0 aliphatic carbocycles. The molecular weight excluding hydrogens is 210 g/mol. The normalized spacial score (nSPS) is 9.93. The van der Waals surface area contributed by atoms with Gasteiger partial charge in [0.25, 0.3) is 0 Å². The van der Waals surface area contributed by atoms with Crippen LogP contribution in [0.2, 0.25) is 5.15 Å². The molecule has 0 aliphatic rings. The number of aromatic nitrogens is 1. The summed E-state index contributed by atoms with van der Waals surface area (Å²) in [4.78, 5) is 14.3. The highest BCUT2D eigenvalue weighted by Gasteiger charge is 1.98. The number of hydrogen-bond acceptors (Lipinski definition) is 2. The highest BCUT2D eigenvalue weighted by molar-refractivity contribution is 6.29. The Bertz CT molecular complexity index is 462. The number of nitrogens with zero attached hydrogens (tertiary/aromatic N) is 1. The average Bonchev–Trinajstić information content (AvgIpc) is 2.30. The quantitative estimate of drug-likeness (QED) is 0.723. The maximum atomic E-state index is 10.3. The fourth-order valence-corrected chi connectivity index (χ4v) is 1.39. The van der Waals surface area contributed by atoms with Crippen molar-refractivity contribution in [3.63, 3.8) is 0 Å². The van der Waals surface area contributed by atoms with Crippen molar-refractivity contribution in [2.45, 2.75) is 0 Å². The van der Waals surface area contributed by atoms with E-state index < -0.39 is 0 Å². The van der Waals surface area contributed by atoms with Gasteiger partial charge in [-0.05, 0) is 17.7 Å². The second-order valence-electron chi connectivity index (χ2n) is 3.05. The number of carbonyl (C=O) groups excluding carboxylic acids is 1. The van der Waals surface area contributed by atoms with Crippen molar-refractivity contribution < 1.29 is 4.79 Å². The summed E-state index contributed by atoms with van der Waals surface area (Å²) in [5, 5.41) is 0.469. The van der Waals surface area contributed by atoms with Gasteiger partial charge >= 0.3 is 0 Å². The molecule has 0 saturated heterocycles. The third-order valence-electron chi connectivity index (χ3n) is 2.06. The van der Waals surface area contributed by atoms with Crippen LogP contribution in [0.3, 0.4) is 0 Å². The molecule has 2 nitrogen and oxygen atoms in total. The molecule has 0 fully saturated rings. The van der Waals surface area contributed by atoms with E-state index in [0.29, 0.717) is 10.7 Å². The van der Waals surface area contributed by atoms with Crippen LogP contribution >= 0.6 is 11.6 Å². The van der Waals surface area contributed by atoms with Crippen molar-refractivity contribution in [3.8, 4) is 11.1 Å². The summed E-state index contributed by atoms with van der Waals surface area (Å²) in [5.41, 5.74) is 2.51. The summed E-state index contributed by atoms with van der Waals surface area (Å²) in [6.07, 6.45) is 3.52. The fourth-order valence-electron chi connectivity index (χ4n) is 1.28. The molecule has 0 amide bonds.